The molecule has 1 aromatic rings. The van der Waals surface area contributed by atoms with Crippen molar-refractivity contribution < 1.29 is 19.1 Å². The molecule has 6 heteroatoms. The van der Waals surface area contributed by atoms with E-state index in [1.165, 1.54) is 6.26 Å². The SMILES string of the molecule is CCCC(NC(=O)c1occc1Br)C(=O)O. The number of aliphatic carboxylic acids is 1. The number of carboxylic acid groups (broad SMARTS) is 1. The maximum absolute atomic E-state index is 11.6. The summed E-state index contributed by atoms with van der Waals surface area (Å²) in [5.74, 6) is -1.49. The monoisotopic (exact) mass is 289 g/mol. The van der Waals surface area contributed by atoms with Crippen LogP contribution in [-0.4, -0.2) is 23.0 Å². The first-order valence-corrected chi connectivity index (χ1v) is 5.62. The van der Waals surface area contributed by atoms with Gasteiger partial charge < -0.3 is 14.8 Å². The highest BCUT2D eigenvalue weighted by Gasteiger charge is 2.22. The van der Waals surface area contributed by atoms with Gasteiger partial charge >= 0.3 is 5.97 Å². The summed E-state index contributed by atoms with van der Waals surface area (Å²) in [5.41, 5.74) is 0. The summed E-state index contributed by atoms with van der Waals surface area (Å²) in [6, 6.07) is 0.694. The van der Waals surface area contributed by atoms with Crippen molar-refractivity contribution in [1.29, 1.82) is 0 Å². The van der Waals surface area contributed by atoms with E-state index in [-0.39, 0.29) is 5.76 Å². The molecule has 1 heterocycles. The van der Waals surface area contributed by atoms with E-state index in [1.807, 2.05) is 6.92 Å². The van der Waals surface area contributed by atoms with Crippen LogP contribution in [0.25, 0.3) is 0 Å². The lowest BCUT2D eigenvalue weighted by molar-refractivity contribution is -0.139. The van der Waals surface area contributed by atoms with Crippen LogP contribution in [0.1, 0.15) is 30.3 Å². The van der Waals surface area contributed by atoms with E-state index in [0.29, 0.717) is 17.3 Å². The van der Waals surface area contributed by atoms with Gasteiger partial charge in [-0.05, 0) is 28.4 Å². The van der Waals surface area contributed by atoms with Gasteiger partial charge in [0.15, 0.2) is 0 Å². The number of amides is 1. The molecule has 0 aliphatic carbocycles. The second-order valence-corrected chi connectivity index (χ2v) is 4.10. The van der Waals surface area contributed by atoms with E-state index in [4.69, 9.17) is 9.52 Å². The molecule has 0 saturated carbocycles. The third-order valence-corrected chi connectivity index (χ3v) is 2.63. The van der Waals surface area contributed by atoms with Gasteiger partial charge in [-0.1, -0.05) is 13.3 Å². The molecule has 2 N–H and O–H groups in total. The third-order valence-electron chi connectivity index (χ3n) is 2.00. The number of furan rings is 1. The van der Waals surface area contributed by atoms with Crippen molar-refractivity contribution in [2.24, 2.45) is 0 Å². The molecular formula is C10H12BrNO4. The molecule has 0 saturated heterocycles. The zero-order valence-electron chi connectivity index (χ0n) is 8.70. The van der Waals surface area contributed by atoms with Crippen molar-refractivity contribution in [3.05, 3.63) is 22.6 Å². The van der Waals surface area contributed by atoms with Crippen LogP contribution >= 0.6 is 15.9 Å². The largest absolute Gasteiger partial charge is 0.480 e. The zero-order valence-corrected chi connectivity index (χ0v) is 10.3. The average molecular weight is 290 g/mol. The fourth-order valence-electron chi connectivity index (χ4n) is 1.23. The number of carboxylic acids is 1. The van der Waals surface area contributed by atoms with E-state index in [2.05, 4.69) is 21.2 Å². The molecule has 1 aromatic heterocycles. The first kappa shape index (κ1) is 12.8. The smallest absolute Gasteiger partial charge is 0.326 e. The molecule has 0 aliphatic rings. The molecule has 88 valence electrons. The topological polar surface area (TPSA) is 79.5 Å². The van der Waals surface area contributed by atoms with Crippen LogP contribution in [0.2, 0.25) is 0 Å². The van der Waals surface area contributed by atoms with Gasteiger partial charge in [0.05, 0.1) is 10.7 Å². The minimum absolute atomic E-state index is 0.0855. The van der Waals surface area contributed by atoms with Gasteiger partial charge in [-0.2, -0.15) is 0 Å². The number of halogens is 1. The van der Waals surface area contributed by atoms with E-state index in [9.17, 15) is 9.59 Å². The van der Waals surface area contributed by atoms with Crippen LogP contribution in [0, 0.1) is 0 Å². The lowest BCUT2D eigenvalue weighted by Gasteiger charge is -2.12. The fourth-order valence-corrected chi connectivity index (χ4v) is 1.61. The van der Waals surface area contributed by atoms with Gasteiger partial charge in [0.25, 0.3) is 5.91 Å². The predicted molar refractivity (Wildman–Crippen MR) is 60.2 cm³/mol. The Balaban J connectivity index is 2.69. The second kappa shape index (κ2) is 5.69. The number of hydrogen-bond acceptors (Lipinski definition) is 3. The maximum atomic E-state index is 11.6. The highest BCUT2D eigenvalue weighted by atomic mass is 79.9. The number of rotatable bonds is 5. The Labute approximate surface area is 101 Å². The summed E-state index contributed by atoms with van der Waals surface area (Å²) in [6.07, 6.45) is 2.42. The molecule has 0 spiro atoms. The fraction of sp³-hybridized carbons (Fsp3) is 0.400. The molecule has 0 radical (unpaired) electrons. The highest BCUT2D eigenvalue weighted by molar-refractivity contribution is 9.10. The first-order valence-electron chi connectivity index (χ1n) is 4.83. The number of nitrogens with one attached hydrogen (secondary N) is 1. The van der Waals surface area contributed by atoms with Crippen LogP contribution in [-0.2, 0) is 4.79 Å². The van der Waals surface area contributed by atoms with Gasteiger partial charge in [-0.3, -0.25) is 4.79 Å². The van der Waals surface area contributed by atoms with Crippen molar-refractivity contribution in [2.45, 2.75) is 25.8 Å². The minimum atomic E-state index is -1.04. The Bertz CT molecular complexity index is 388. The molecule has 0 bridgehead atoms. The maximum Gasteiger partial charge on any atom is 0.326 e. The number of carbonyl (C=O) groups is 2. The number of carbonyl (C=O) groups excluding carboxylic acids is 1. The standard InChI is InChI=1S/C10H12BrNO4/c1-2-3-7(10(14)15)12-9(13)8-6(11)4-5-16-8/h4-5,7H,2-3H2,1H3,(H,12,13)(H,14,15). The van der Waals surface area contributed by atoms with Gasteiger partial charge in [0, 0.05) is 0 Å². The second-order valence-electron chi connectivity index (χ2n) is 3.25. The molecule has 1 atom stereocenters. The van der Waals surface area contributed by atoms with Crippen molar-refractivity contribution in [3.63, 3.8) is 0 Å². The average Bonchev–Trinajstić information content (AvgIpc) is 2.63. The lowest BCUT2D eigenvalue weighted by Crippen LogP contribution is -2.40. The van der Waals surface area contributed by atoms with Crippen LogP contribution in [0.4, 0.5) is 0 Å². The van der Waals surface area contributed by atoms with Gasteiger partial charge in [0.1, 0.15) is 6.04 Å². The van der Waals surface area contributed by atoms with Gasteiger partial charge in [0.2, 0.25) is 5.76 Å². The third kappa shape index (κ3) is 3.10. The summed E-state index contributed by atoms with van der Waals surface area (Å²) in [6.45, 7) is 1.85. The normalized spacial score (nSPS) is 12.1. The molecule has 1 rings (SSSR count). The van der Waals surface area contributed by atoms with Crippen LogP contribution in [0.5, 0.6) is 0 Å². The molecule has 16 heavy (non-hydrogen) atoms. The minimum Gasteiger partial charge on any atom is -0.480 e. The van der Waals surface area contributed by atoms with Gasteiger partial charge in [-0.15, -0.1) is 0 Å². The summed E-state index contributed by atoms with van der Waals surface area (Å²) < 4.78 is 5.44. The molecule has 0 fully saturated rings. The molecule has 1 unspecified atom stereocenters. The highest BCUT2D eigenvalue weighted by Crippen LogP contribution is 2.17. The Morgan fingerprint density at radius 1 is 1.62 bits per heavy atom. The van der Waals surface area contributed by atoms with Crippen molar-refractivity contribution in [2.75, 3.05) is 0 Å². The number of hydrogen-bond donors (Lipinski definition) is 2. The van der Waals surface area contributed by atoms with Crippen molar-refractivity contribution >= 4 is 27.8 Å². The molecule has 0 aromatic carbocycles. The van der Waals surface area contributed by atoms with Crippen LogP contribution < -0.4 is 5.32 Å². The summed E-state index contributed by atoms with van der Waals surface area (Å²) >= 11 is 3.13. The van der Waals surface area contributed by atoms with Crippen molar-refractivity contribution in [1.82, 2.24) is 5.32 Å². The molecule has 5 nitrogen and oxygen atoms in total. The summed E-state index contributed by atoms with van der Waals surface area (Å²) in [5, 5.41) is 11.3. The first-order chi connectivity index (χ1) is 7.56. The molecule has 1 amide bonds. The van der Waals surface area contributed by atoms with Crippen LogP contribution in [0.3, 0.4) is 0 Å². The van der Waals surface area contributed by atoms with E-state index >= 15 is 0 Å². The Kier molecular flexibility index (Phi) is 4.54. The van der Waals surface area contributed by atoms with Gasteiger partial charge in [-0.25, -0.2) is 4.79 Å². The van der Waals surface area contributed by atoms with E-state index < -0.39 is 17.9 Å². The summed E-state index contributed by atoms with van der Waals surface area (Å²) in [7, 11) is 0. The van der Waals surface area contributed by atoms with Crippen LogP contribution in [0.15, 0.2) is 21.2 Å². The lowest BCUT2D eigenvalue weighted by atomic mass is 10.1. The quantitative estimate of drug-likeness (QED) is 0.869. The predicted octanol–water partition coefficient (Wildman–Crippen LogP) is 2.03. The zero-order chi connectivity index (χ0) is 12.1. The molecular weight excluding hydrogens is 278 g/mol. The Morgan fingerprint density at radius 2 is 2.31 bits per heavy atom. The summed E-state index contributed by atoms with van der Waals surface area (Å²) in [4.78, 5) is 22.4. The molecule has 0 aliphatic heterocycles. The Morgan fingerprint density at radius 3 is 2.75 bits per heavy atom. The van der Waals surface area contributed by atoms with Crippen molar-refractivity contribution in [3.8, 4) is 0 Å². The van der Waals surface area contributed by atoms with E-state index in [0.717, 1.165) is 0 Å². The Hall–Kier alpha value is -1.30. The van der Waals surface area contributed by atoms with E-state index in [1.54, 1.807) is 6.07 Å².